The summed E-state index contributed by atoms with van der Waals surface area (Å²) in [6.45, 7) is 1.17. The molecule has 1 aliphatic rings. The number of amides is 1. The number of carbonyl (C=O) groups excluding carboxylic acids is 1. The van der Waals surface area contributed by atoms with Gasteiger partial charge in [-0.05, 0) is 31.0 Å². The van der Waals surface area contributed by atoms with Crippen LogP contribution in [0.4, 0.5) is 4.39 Å². The highest BCUT2D eigenvalue weighted by atomic mass is 35.5. The van der Waals surface area contributed by atoms with E-state index < -0.39 is 5.82 Å². The number of piperidine rings is 1. The number of rotatable bonds is 1. The van der Waals surface area contributed by atoms with Crippen LogP contribution in [0, 0.1) is 5.82 Å². The monoisotopic (exact) mass is 256 g/mol. The minimum Gasteiger partial charge on any atom is -0.338 e. The first-order valence-corrected chi connectivity index (χ1v) is 5.95. The maximum Gasteiger partial charge on any atom is 0.256 e. The molecule has 0 aliphatic carbocycles. The number of benzene rings is 1. The second-order valence-corrected chi connectivity index (χ2v) is 4.69. The van der Waals surface area contributed by atoms with Crippen molar-refractivity contribution in [3.8, 4) is 0 Å². The van der Waals surface area contributed by atoms with E-state index >= 15 is 0 Å². The first-order valence-electron chi connectivity index (χ1n) is 5.58. The lowest BCUT2D eigenvalue weighted by Gasteiger charge is -2.30. The van der Waals surface area contributed by atoms with Crippen molar-refractivity contribution in [3.05, 3.63) is 34.6 Å². The van der Waals surface area contributed by atoms with Crippen LogP contribution in [-0.4, -0.2) is 29.9 Å². The maximum absolute atomic E-state index is 13.6. The van der Waals surface area contributed by atoms with E-state index in [-0.39, 0.29) is 17.5 Å². The average molecular weight is 257 g/mol. The third kappa shape index (κ3) is 2.76. The number of carbonyl (C=O) groups is 1. The van der Waals surface area contributed by atoms with Gasteiger partial charge >= 0.3 is 0 Å². The molecular weight excluding hydrogens is 243 g/mol. The Balaban J connectivity index is 2.14. The van der Waals surface area contributed by atoms with Crippen LogP contribution >= 0.6 is 11.6 Å². The molecule has 2 N–H and O–H groups in total. The molecule has 1 aliphatic heterocycles. The zero-order valence-electron chi connectivity index (χ0n) is 9.33. The highest BCUT2D eigenvalue weighted by molar-refractivity contribution is 6.30. The molecule has 0 radical (unpaired) electrons. The molecule has 1 fully saturated rings. The number of halogens is 2. The first kappa shape index (κ1) is 12.3. The summed E-state index contributed by atoms with van der Waals surface area (Å²) in [4.78, 5) is 13.7. The van der Waals surface area contributed by atoms with Gasteiger partial charge in [0.2, 0.25) is 0 Å². The summed E-state index contributed by atoms with van der Waals surface area (Å²) < 4.78 is 13.6. The Morgan fingerprint density at radius 1 is 1.41 bits per heavy atom. The third-order valence-corrected chi connectivity index (χ3v) is 3.22. The summed E-state index contributed by atoms with van der Waals surface area (Å²) in [6.07, 6.45) is 1.53. The van der Waals surface area contributed by atoms with Gasteiger partial charge in [-0.15, -0.1) is 0 Å². The van der Waals surface area contributed by atoms with Gasteiger partial charge in [-0.1, -0.05) is 11.6 Å². The van der Waals surface area contributed by atoms with Crippen LogP contribution in [0.5, 0.6) is 0 Å². The zero-order chi connectivity index (χ0) is 12.4. The van der Waals surface area contributed by atoms with Gasteiger partial charge in [0.25, 0.3) is 5.91 Å². The van der Waals surface area contributed by atoms with E-state index in [1.165, 1.54) is 12.1 Å². The van der Waals surface area contributed by atoms with Gasteiger partial charge in [0.15, 0.2) is 0 Å². The highest BCUT2D eigenvalue weighted by Gasteiger charge is 2.23. The van der Waals surface area contributed by atoms with E-state index in [1.807, 2.05) is 0 Å². The lowest BCUT2D eigenvalue weighted by Crippen LogP contribution is -2.43. The van der Waals surface area contributed by atoms with Crippen molar-refractivity contribution in [2.24, 2.45) is 5.73 Å². The van der Waals surface area contributed by atoms with Crippen LogP contribution in [0.15, 0.2) is 18.2 Å². The highest BCUT2D eigenvalue weighted by Crippen LogP contribution is 2.18. The molecule has 1 aromatic carbocycles. The summed E-state index contributed by atoms with van der Waals surface area (Å²) in [5.41, 5.74) is 5.83. The molecule has 2 rings (SSSR count). The minimum atomic E-state index is -0.572. The summed E-state index contributed by atoms with van der Waals surface area (Å²) in [5, 5.41) is 0.291. The van der Waals surface area contributed by atoms with Crippen molar-refractivity contribution in [1.29, 1.82) is 0 Å². The first-order chi connectivity index (χ1) is 8.08. The van der Waals surface area contributed by atoms with E-state index in [4.69, 9.17) is 17.3 Å². The molecule has 1 saturated heterocycles. The second-order valence-electron chi connectivity index (χ2n) is 4.25. The molecule has 3 nitrogen and oxygen atoms in total. The van der Waals surface area contributed by atoms with Crippen LogP contribution in [0.1, 0.15) is 23.2 Å². The average Bonchev–Trinajstić information content (AvgIpc) is 2.29. The van der Waals surface area contributed by atoms with Gasteiger partial charge in [-0.3, -0.25) is 4.79 Å². The third-order valence-electron chi connectivity index (χ3n) is 2.99. The number of hydrogen-bond acceptors (Lipinski definition) is 2. The predicted octanol–water partition coefficient (Wildman–Crippen LogP) is 2.04. The fraction of sp³-hybridized carbons (Fsp3) is 0.417. The van der Waals surface area contributed by atoms with Crippen molar-refractivity contribution < 1.29 is 9.18 Å². The molecular formula is C12H14ClFN2O. The summed E-state index contributed by atoms with van der Waals surface area (Å²) in [7, 11) is 0. The molecule has 0 atom stereocenters. The van der Waals surface area contributed by atoms with Gasteiger partial charge in [0.05, 0.1) is 5.56 Å². The Labute approximate surface area is 104 Å². The topological polar surface area (TPSA) is 46.3 Å². The van der Waals surface area contributed by atoms with E-state index in [9.17, 15) is 9.18 Å². The van der Waals surface area contributed by atoms with Crippen LogP contribution in [0.3, 0.4) is 0 Å². The standard InChI is InChI=1S/C12H14ClFN2O/c13-8-1-2-10(11(14)7-8)12(17)16-5-3-9(15)4-6-16/h1-2,7,9H,3-6,15H2. The molecule has 0 saturated carbocycles. The lowest BCUT2D eigenvalue weighted by atomic mass is 10.0. The molecule has 1 heterocycles. The van der Waals surface area contributed by atoms with Gasteiger partial charge in [-0.2, -0.15) is 0 Å². The number of nitrogens with two attached hydrogens (primary N) is 1. The Morgan fingerprint density at radius 2 is 2.06 bits per heavy atom. The molecule has 1 aromatic rings. The van der Waals surface area contributed by atoms with E-state index in [0.29, 0.717) is 18.1 Å². The van der Waals surface area contributed by atoms with Gasteiger partial charge < -0.3 is 10.6 Å². The number of hydrogen-bond donors (Lipinski definition) is 1. The zero-order valence-corrected chi connectivity index (χ0v) is 10.1. The Morgan fingerprint density at radius 3 is 2.65 bits per heavy atom. The molecule has 0 spiro atoms. The molecule has 1 amide bonds. The SMILES string of the molecule is NC1CCN(C(=O)c2ccc(Cl)cc2F)CC1. The molecule has 5 heteroatoms. The van der Waals surface area contributed by atoms with Crippen molar-refractivity contribution in [2.45, 2.75) is 18.9 Å². The molecule has 17 heavy (non-hydrogen) atoms. The van der Waals surface area contributed by atoms with Crippen molar-refractivity contribution in [2.75, 3.05) is 13.1 Å². The summed E-state index contributed by atoms with van der Waals surface area (Å²) >= 11 is 5.65. The van der Waals surface area contributed by atoms with Gasteiger partial charge in [0.1, 0.15) is 5.82 Å². The summed E-state index contributed by atoms with van der Waals surface area (Å²) in [5.74, 6) is -0.858. The van der Waals surface area contributed by atoms with E-state index in [1.54, 1.807) is 4.90 Å². The largest absolute Gasteiger partial charge is 0.338 e. The fourth-order valence-electron chi connectivity index (χ4n) is 1.94. The molecule has 0 bridgehead atoms. The maximum atomic E-state index is 13.6. The van der Waals surface area contributed by atoms with Crippen LogP contribution in [0.25, 0.3) is 0 Å². The van der Waals surface area contributed by atoms with E-state index in [0.717, 1.165) is 18.9 Å². The van der Waals surface area contributed by atoms with Crippen LogP contribution in [0.2, 0.25) is 5.02 Å². The smallest absolute Gasteiger partial charge is 0.256 e. The Kier molecular flexibility index (Phi) is 3.64. The predicted molar refractivity (Wildman–Crippen MR) is 64.5 cm³/mol. The van der Waals surface area contributed by atoms with Crippen molar-refractivity contribution in [3.63, 3.8) is 0 Å². The van der Waals surface area contributed by atoms with E-state index in [2.05, 4.69) is 0 Å². The fourth-order valence-corrected chi connectivity index (χ4v) is 2.09. The van der Waals surface area contributed by atoms with Crippen LogP contribution in [-0.2, 0) is 0 Å². The quantitative estimate of drug-likeness (QED) is 0.836. The van der Waals surface area contributed by atoms with Crippen LogP contribution < -0.4 is 5.73 Å². The van der Waals surface area contributed by atoms with Gasteiger partial charge in [-0.25, -0.2) is 4.39 Å². The molecule has 92 valence electrons. The molecule has 0 unspecified atom stereocenters. The Bertz CT molecular complexity index is 431. The minimum absolute atomic E-state index is 0.0740. The second kappa shape index (κ2) is 5.02. The summed E-state index contributed by atoms with van der Waals surface area (Å²) in [6, 6.07) is 4.25. The van der Waals surface area contributed by atoms with Gasteiger partial charge in [0, 0.05) is 24.2 Å². The lowest BCUT2D eigenvalue weighted by molar-refractivity contribution is 0.0710. The van der Waals surface area contributed by atoms with Crippen molar-refractivity contribution in [1.82, 2.24) is 4.90 Å². The number of nitrogens with zero attached hydrogens (tertiary/aromatic N) is 1. The number of likely N-dealkylation sites (tertiary alicyclic amines) is 1. The van der Waals surface area contributed by atoms with Crippen molar-refractivity contribution >= 4 is 17.5 Å². The normalized spacial score (nSPS) is 17.2. The Hall–Kier alpha value is -1.13. The molecule has 0 aromatic heterocycles.